The summed E-state index contributed by atoms with van der Waals surface area (Å²) in [7, 11) is 1.63. The number of piperidine rings is 1. The van der Waals surface area contributed by atoms with Crippen molar-refractivity contribution in [1.82, 2.24) is 14.9 Å². The molecule has 0 radical (unpaired) electrons. The fourth-order valence-corrected chi connectivity index (χ4v) is 2.66. The zero-order valence-electron chi connectivity index (χ0n) is 13.4. The quantitative estimate of drug-likeness (QED) is 0.759. The van der Waals surface area contributed by atoms with Gasteiger partial charge in [-0.1, -0.05) is 0 Å². The van der Waals surface area contributed by atoms with Crippen LogP contribution in [0.15, 0.2) is 23.0 Å². The van der Waals surface area contributed by atoms with Gasteiger partial charge in [-0.15, -0.1) is 0 Å². The van der Waals surface area contributed by atoms with Gasteiger partial charge >= 0.3 is 17.8 Å². The van der Waals surface area contributed by atoms with Crippen molar-refractivity contribution in [2.75, 3.05) is 20.2 Å². The first-order valence-corrected chi connectivity index (χ1v) is 7.53. The van der Waals surface area contributed by atoms with Crippen molar-refractivity contribution in [2.24, 2.45) is 0 Å². The minimum absolute atomic E-state index is 0.0230. The third-order valence-corrected chi connectivity index (χ3v) is 3.84. The Morgan fingerprint density at radius 2 is 1.92 bits per heavy atom. The smallest absolute Gasteiger partial charge is 0.490 e. The Labute approximate surface area is 140 Å². The Bertz CT molecular complexity index is 791. The first-order valence-electron chi connectivity index (χ1n) is 7.53. The van der Waals surface area contributed by atoms with Crippen molar-refractivity contribution in [3.8, 4) is 5.75 Å². The molecule has 1 aromatic heterocycles. The van der Waals surface area contributed by atoms with Crippen LogP contribution in [-0.2, 0) is 4.79 Å². The molecule has 0 aliphatic carbocycles. The molecule has 1 aliphatic rings. The van der Waals surface area contributed by atoms with Crippen molar-refractivity contribution < 1.29 is 27.8 Å². The number of rotatable bonds is 2. The molecule has 138 valence electrons. The number of aromatic nitrogens is 2. The number of fused-ring (bicyclic) bond motifs is 1. The molecule has 0 spiro atoms. The lowest BCUT2D eigenvalue weighted by molar-refractivity contribution is -0.192. The maximum atomic E-state index is 12.1. The van der Waals surface area contributed by atoms with Gasteiger partial charge in [0.1, 0.15) is 5.75 Å². The number of hydrogen-bond acceptors (Lipinski definition) is 4. The average Bonchev–Trinajstić information content (AvgIpc) is 2.90. The summed E-state index contributed by atoms with van der Waals surface area (Å²) in [5, 5.41) is 10.4. The van der Waals surface area contributed by atoms with Crippen molar-refractivity contribution in [3.63, 3.8) is 0 Å². The molecule has 1 fully saturated rings. The number of nitrogens with zero attached hydrogens (tertiary/aromatic N) is 1. The van der Waals surface area contributed by atoms with Gasteiger partial charge in [0, 0.05) is 12.1 Å². The summed E-state index contributed by atoms with van der Waals surface area (Å²) in [6.45, 7) is 1.94. The van der Waals surface area contributed by atoms with Gasteiger partial charge in [0.2, 0.25) is 0 Å². The number of carbonyl (C=O) groups is 1. The zero-order valence-corrected chi connectivity index (χ0v) is 13.4. The summed E-state index contributed by atoms with van der Waals surface area (Å²) < 4.78 is 38.8. The maximum absolute atomic E-state index is 12.1. The third kappa shape index (κ3) is 4.53. The van der Waals surface area contributed by atoms with Crippen molar-refractivity contribution in [1.29, 1.82) is 0 Å². The van der Waals surface area contributed by atoms with E-state index in [-0.39, 0.29) is 5.69 Å². The first kappa shape index (κ1) is 18.8. The number of aliphatic carboxylic acids is 1. The number of methoxy groups -OCH3 is 1. The van der Waals surface area contributed by atoms with Crippen LogP contribution in [0.2, 0.25) is 0 Å². The highest BCUT2D eigenvalue weighted by molar-refractivity contribution is 5.77. The summed E-state index contributed by atoms with van der Waals surface area (Å²) in [5.74, 6) is -1.99. The van der Waals surface area contributed by atoms with Crippen LogP contribution in [0.5, 0.6) is 5.75 Å². The van der Waals surface area contributed by atoms with Crippen LogP contribution in [-0.4, -0.2) is 47.0 Å². The van der Waals surface area contributed by atoms with E-state index in [4.69, 9.17) is 14.6 Å². The topological polar surface area (TPSA) is 96.4 Å². The SMILES string of the molecule is COc1ccc2c(c1)[nH]c(=O)n2C1CCNCC1.O=C(O)C(F)(F)F. The van der Waals surface area contributed by atoms with E-state index in [0.29, 0.717) is 6.04 Å². The second kappa shape index (κ2) is 7.60. The minimum Gasteiger partial charge on any atom is -0.497 e. The number of alkyl halides is 3. The molecule has 0 amide bonds. The number of ether oxygens (including phenoxy) is 1. The second-order valence-corrected chi connectivity index (χ2v) is 5.47. The van der Waals surface area contributed by atoms with Crippen LogP contribution in [0.3, 0.4) is 0 Å². The summed E-state index contributed by atoms with van der Waals surface area (Å²) in [6.07, 6.45) is -3.09. The van der Waals surface area contributed by atoms with Crippen LogP contribution in [0.4, 0.5) is 13.2 Å². The van der Waals surface area contributed by atoms with Crippen molar-refractivity contribution >= 4 is 17.0 Å². The van der Waals surface area contributed by atoms with Crippen molar-refractivity contribution in [3.05, 3.63) is 28.7 Å². The molecule has 1 aromatic carbocycles. The molecular weight excluding hydrogens is 343 g/mol. The molecule has 7 nitrogen and oxygen atoms in total. The minimum atomic E-state index is -5.08. The molecule has 2 aromatic rings. The molecule has 3 N–H and O–H groups in total. The highest BCUT2D eigenvalue weighted by atomic mass is 19.4. The summed E-state index contributed by atoms with van der Waals surface area (Å²) in [6, 6.07) is 6.01. The van der Waals surface area contributed by atoms with E-state index in [0.717, 1.165) is 42.7 Å². The molecule has 0 atom stereocenters. The number of hydrogen-bond donors (Lipinski definition) is 3. The van der Waals surface area contributed by atoms with E-state index in [1.165, 1.54) is 0 Å². The van der Waals surface area contributed by atoms with Gasteiger partial charge in [0.25, 0.3) is 0 Å². The van der Waals surface area contributed by atoms with E-state index in [1.54, 1.807) is 7.11 Å². The predicted molar refractivity (Wildman–Crippen MR) is 83.9 cm³/mol. The molecule has 1 saturated heterocycles. The number of nitrogens with one attached hydrogen (secondary N) is 2. The van der Waals surface area contributed by atoms with Gasteiger partial charge < -0.3 is 20.1 Å². The van der Waals surface area contributed by atoms with Crippen LogP contribution in [0, 0.1) is 0 Å². The van der Waals surface area contributed by atoms with E-state index in [2.05, 4.69) is 10.3 Å². The normalized spacial score (nSPS) is 15.5. The van der Waals surface area contributed by atoms with Gasteiger partial charge in [0.05, 0.1) is 18.1 Å². The number of carboxylic acid groups (broad SMARTS) is 1. The molecule has 2 heterocycles. The van der Waals surface area contributed by atoms with Gasteiger partial charge in [-0.2, -0.15) is 13.2 Å². The number of aromatic amines is 1. The molecule has 10 heteroatoms. The Morgan fingerprint density at radius 1 is 1.32 bits per heavy atom. The highest BCUT2D eigenvalue weighted by Crippen LogP contribution is 2.24. The Morgan fingerprint density at radius 3 is 2.44 bits per heavy atom. The maximum Gasteiger partial charge on any atom is 0.490 e. The standard InChI is InChI=1S/C13H17N3O2.C2HF3O2/c1-18-10-2-3-12-11(8-10)15-13(17)16(12)9-4-6-14-7-5-9;3-2(4,5)1(6)7/h2-3,8-9,14H,4-7H2,1H3,(H,15,17);(H,6,7). The van der Waals surface area contributed by atoms with Crippen LogP contribution >= 0.6 is 0 Å². The molecule has 0 unspecified atom stereocenters. The summed E-state index contributed by atoms with van der Waals surface area (Å²) in [4.78, 5) is 23.9. The molecule has 0 bridgehead atoms. The number of carboxylic acids is 1. The van der Waals surface area contributed by atoms with Gasteiger partial charge in [-0.05, 0) is 38.1 Å². The molecule has 1 aliphatic heterocycles. The number of imidazole rings is 1. The Hall–Kier alpha value is -2.49. The predicted octanol–water partition coefficient (Wildman–Crippen LogP) is 1.90. The third-order valence-electron chi connectivity index (χ3n) is 3.84. The van der Waals surface area contributed by atoms with E-state index < -0.39 is 12.1 Å². The molecular formula is C15H18F3N3O4. The largest absolute Gasteiger partial charge is 0.497 e. The molecule has 25 heavy (non-hydrogen) atoms. The van der Waals surface area contributed by atoms with E-state index in [9.17, 15) is 18.0 Å². The Balaban J connectivity index is 0.000000277. The zero-order chi connectivity index (χ0) is 18.6. The van der Waals surface area contributed by atoms with Gasteiger partial charge in [-0.25, -0.2) is 9.59 Å². The lowest BCUT2D eigenvalue weighted by Gasteiger charge is -2.23. The van der Waals surface area contributed by atoms with E-state index in [1.807, 2.05) is 22.8 Å². The average molecular weight is 361 g/mol. The fourth-order valence-electron chi connectivity index (χ4n) is 2.66. The van der Waals surface area contributed by atoms with Crippen LogP contribution in [0.1, 0.15) is 18.9 Å². The molecule has 3 rings (SSSR count). The fraction of sp³-hybridized carbons (Fsp3) is 0.467. The number of H-pyrrole nitrogens is 1. The van der Waals surface area contributed by atoms with E-state index >= 15 is 0 Å². The lowest BCUT2D eigenvalue weighted by atomic mass is 10.1. The second-order valence-electron chi connectivity index (χ2n) is 5.47. The Kier molecular flexibility index (Phi) is 5.73. The number of halogens is 3. The molecule has 0 saturated carbocycles. The monoisotopic (exact) mass is 361 g/mol. The van der Waals surface area contributed by atoms with Crippen LogP contribution < -0.4 is 15.7 Å². The lowest BCUT2D eigenvalue weighted by Crippen LogP contribution is -2.33. The van der Waals surface area contributed by atoms with Gasteiger partial charge in [-0.3, -0.25) is 4.57 Å². The summed E-state index contributed by atoms with van der Waals surface area (Å²) >= 11 is 0. The number of benzene rings is 1. The van der Waals surface area contributed by atoms with Crippen molar-refractivity contribution in [2.45, 2.75) is 25.1 Å². The highest BCUT2D eigenvalue weighted by Gasteiger charge is 2.38. The first-order chi connectivity index (χ1) is 11.7. The van der Waals surface area contributed by atoms with Crippen LogP contribution in [0.25, 0.3) is 11.0 Å². The summed E-state index contributed by atoms with van der Waals surface area (Å²) in [5.41, 5.74) is 1.79. The van der Waals surface area contributed by atoms with Gasteiger partial charge in [0.15, 0.2) is 0 Å².